The summed E-state index contributed by atoms with van der Waals surface area (Å²) in [6.07, 6.45) is 4.88. The number of rotatable bonds is 6. The lowest BCUT2D eigenvalue weighted by molar-refractivity contribution is -0.144. The molecule has 26 heavy (non-hydrogen) atoms. The largest absolute Gasteiger partial charge is 0.365 e. The number of carbonyl (C=O) groups is 2. The van der Waals surface area contributed by atoms with E-state index in [1.807, 2.05) is 26.1 Å². The number of carbonyl (C=O) groups excluding carboxylic acids is 2. The van der Waals surface area contributed by atoms with Gasteiger partial charge >= 0.3 is 0 Å². The molecule has 3 heterocycles. The lowest BCUT2D eigenvalue weighted by Crippen LogP contribution is -2.50. The van der Waals surface area contributed by atoms with E-state index in [4.69, 9.17) is 4.74 Å². The third-order valence-corrected chi connectivity index (χ3v) is 4.27. The molecule has 0 saturated carbocycles. The molecule has 0 bridgehead atoms. The average molecular weight is 360 g/mol. The highest BCUT2D eigenvalue weighted by Gasteiger charge is 2.29. The van der Waals surface area contributed by atoms with Crippen LogP contribution in [0.5, 0.6) is 0 Å². The molecular formula is C17H24N6O3. The fourth-order valence-corrected chi connectivity index (χ4v) is 2.81. The van der Waals surface area contributed by atoms with Crippen LogP contribution in [0.1, 0.15) is 19.0 Å². The number of anilines is 1. The van der Waals surface area contributed by atoms with Crippen molar-refractivity contribution in [1.82, 2.24) is 24.5 Å². The molecule has 1 aliphatic heterocycles. The second-order valence-corrected chi connectivity index (χ2v) is 6.24. The van der Waals surface area contributed by atoms with Gasteiger partial charge in [0.25, 0.3) is 5.91 Å². The van der Waals surface area contributed by atoms with Gasteiger partial charge in [0, 0.05) is 38.4 Å². The van der Waals surface area contributed by atoms with Gasteiger partial charge in [-0.2, -0.15) is 10.2 Å². The van der Waals surface area contributed by atoms with E-state index in [1.54, 1.807) is 26.7 Å². The zero-order valence-corrected chi connectivity index (χ0v) is 15.1. The Kier molecular flexibility index (Phi) is 5.67. The van der Waals surface area contributed by atoms with Crippen molar-refractivity contribution in [3.63, 3.8) is 0 Å². The third-order valence-electron chi connectivity index (χ3n) is 4.27. The van der Waals surface area contributed by atoms with Crippen LogP contribution in [0.3, 0.4) is 0 Å². The van der Waals surface area contributed by atoms with E-state index in [9.17, 15) is 9.59 Å². The molecule has 0 aliphatic carbocycles. The maximum Gasteiger partial charge on any atom is 0.255 e. The first-order valence-corrected chi connectivity index (χ1v) is 8.78. The van der Waals surface area contributed by atoms with E-state index in [-0.39, 0.29) is 18.4 Å². The number of hydrogen-bond donors (Lipinski definition) is 1. The van der Waals surface area contributed by atoms with E-state index in [0.717, 1.165) is 12.2 Å². The van der Waals surface area contributed by atoms with Crippen LogP contribution in [0.4, 0.5) is 5.69 Å². The molecule has 2 amide bonds. The smallest absolute Gasteiger partial charge is 0.255 e. The minimum atomic E-state index is -0.676. The Morgan fingerprint density at radius 2 is 2.23 bits per heavy atom. The zero-order valence-electron chi connectivity index (χ0n) is 15.1. The highest BCUT2D eigenvalue weighted by molar-refractivity contribution is 5.94. The SMILES string of the molecule is CCn1cc(NC(=O)C2CN(C(=O)CCn3ccc(C)n3)CCO2)cn1. The molecule has 1 saturated heterocycles. The van der Waals surface area contributed by atoms with E-state index >= 15 is 0 Å². The molecule has 0 radical (unpaired) electrons. The fourth-order valence-electron chi connectivity index (χ4n) is 2.81. The van der Waals surface area contributed by atoms with Crippen molar-refractivity contribution in [2.45, 2.75) is 39.5 Å². The molecule has 0 spiro atoms. The maximum atomic E-state index is 12.4. The van der Waals surface area contributed by atoms with Gasteiger partial charge in [-0.1, -0.05) is 0 Å². The van der Waals surface area contributed by atoms with Crippen LogP contribution in [0.2, 0.25) is 0 Å². The summed E-state index contributed by atoms with van der Waals surface area (Å²) in [4.78, 5) is 26.5. The van der Waals surface area contributed by atoms with Crippen LogP contribution in [-0.4, -0.2) is 62.1 Å². The van der Waals surface area contributed by atoms with Crippen LogP contribution in [0, 0.1) is 6.92 Å². The van der Waals surface area contributed by atoms with E-state index < -0.39 is 6.10 Å². The Morgan fingerprint density at radius 1 is 1.38 bits per heavy atom. The van der Waals surface area contributed by atoms with Gasteiger partial charge in [0.05, 0.1) is 30.7 Å². The summed E-state index contributed by atoms with van der Waals surface area (Å²) in [5.74, 6) is -0.265. The standard InChI is InChI=1S/C17H24N6O3/c1-3-22-11-14(10-18-22)19-17(25)15-12-21(8-9-26-15)16(24)5-7-23-6-4-13(2)20-23/h4,6,10-11,15H,3,5,7-9,12H2,1-2H3,(H,19,25). The number of morpholine rings is 1. The molecule has 1 N–H and O–H groups in total. The Balaban J connectivity index is 1.50. The summed E-state index contributed by atoms with van der Waals surface area (Å²) in [7, 11) is 0. The number of amides is 2. The van der Waals surface area contributed by atoms with Crippen LogP contribution in [0.25, 0.3) is 0 Å². The minimum absolute atomic E-state index is 0.00180. The van der Waals surface area contributed by atoms with Crippen molar-refractivity contribution in [3.8, 4) is 0 Å². The van der Waals surface area contributed by atoms with E-state index in [2.05, 4.69) is 15.5 Å². The van der Waals surface area contributed by atoms with Crippen molar-refractivity contribution in [1.29, 1.82) is 0 Å². The van der Waals surface area contributed by atoms with Crippen molar-refractivity contribution in [2.24, 2.45) is 0 Å². The van der Waals surface area contributed by atoms with Crippen molar-refractivity contribution in [2.75, 3.05) is 25.0 Å². The Hall–Kier alpha value is -2.68. The molecule has 2 aromatic heterocycles. The molecule has 9 heteroatoms. The topological polar surface area (TPSA) is 94.3 Å². The van der Waals surface area contributed by atoms with Gasteiger partial charge in [0.15, 0.2) is 6.10 Å². The number of aryl methyl sites for hydroxylation is 3. The molecule has 9 nitrogen and oxygen atoms in total. The lowest BCUT2D eigenvalue weighted by atomic mass is 10.2. The Bertz CT molecular complexity index is 768. The fraction of sp³-hybridized carbons (Fsp3) is 0.529. The van der Waals surface area contributed by atoms with Crippen LogP contribution < -0.4 is 5.32 Å². The first-order chi connectivity index (χ1) is 12.5. The monoisotopic (exact) mass is 360 g/mol. The van der Waals surface area contributed by atoms with Gasteiger partial charge in [-0.15, -0.1) is 0 Å². The van der Waals surface area contributed by atoms with Crippen LogP contribution in [-0.2, 0) is 27.4 Å². The maximum absolute atomic E-state index is 12.4. The third kappa shape index (κ3) is 4.48. The van der Waals surface area contributed by atoms with Crippen LogP contribution in [0.15, 0.2) is 24.7 Å². The Labute approximate surface area is 151 Å². The lowest BCUT2D eigenvalue weighted by Gasteiger charge is -2.32. The molecule has 1 atom stereocenters. The van der Waals surface area contributed by atoms with Gasteiger partial charge in [0.1, 0.15) is 0 Å². The first-order valence-electron chi connectivity index (χ1n) is 8.78. The van der Waals surface area contributed by atoms with Gasteiger partial charge in [-0.05, 0) is 19.9 Å². The number of aromatic nitrogens is 4. The molecule has 1 aliphatic rings. The number of hydrogen-bond acceptors (Lipinski definition) is 5. The summed E-state index contributed by atoms with van der Waals surface area (Å²) in [5.41, 5.74) is 1.55. The summed E-state index contributed by atoms with van der Waals surface area (Å²) in [6, 6.07) is 1.90. The van der Waals surface area contributed by atoms with Crippen molar-refractivity contribution in [3.05, 3.63) is 30.4 Å². The molecule has 0 aromatic carbocycles. The Morgan fingerprint density at radius 3 is 2.92 bits per heavy atom. The summed E-state index contributed by atoms with van der Waals surface area (Å²) >= 11 is 0. The van der Waals surface area contributed by atoms with Crippen molar-refractivity contribution >= 4 is 17.5 Å². The highest BCUT2D eigenvalue weighted by atomic mass is 16.5. The zero-order chi connectivity index (χ0) is 18.5. The second-order valence-electron chi connectivity index (χ2n) is 6.24. The molecule has 2 aromatic rings. The predicted octanol–water partition coefficient (Wildman–Crippen LogP) is 0.664. The summed E-state index contributed by atoms with van der Waals surface area (Å²) < 4.78 is 9.02. The molecule has 140 valence electrons. The quantitative estimate of drug-likeness (QED) is 0.817. The normalized spacial score (nSPS) is 17.3. The van der Waals surface area contributed by atoms with E-state index in [0.29, 0.717) is 31.8 Å². The molecular weight excluding hydrogens is 336 g/mol. The summed E-state index contributed by atoms with van der Waals surface area (Å²) in [6.45, 7) is 6.23. The number of ether oxygens (including phenoxy) is 1. The van der Waals surface area contributed by atoms with Gasteiger partial charge in [-0.3, -0.25) is 19.0 Å². The van der Waals surface area contributed by atoms with Gasteiger partial charge in [0.2, 0.25) is 5.91 Å². The average Bonchev–Trinajstić information content (AvgIpc) is 3.28. The van der Waals surface area contributed by atoms with Gasteiger partial charge < -0.3 is 15.0 Å². The van der Waals surface area contributed by atoms with Crippen LogP contribution >= 0.6 is 0 Å². The van der Waals surface area contributed by atoms with Gasteiger partial charge in [-0.25, -0.2) is 0 Å². The highest BCUT2D eigenvalue weighted by Crippen LogP contribution is 2.11. The number of nitrogens with one attached hydrogen (secondary N) is 1. The molecule has 1 unspecified atom stereocenters. The predicted molar refractivity (Wildman–Crippen MR) is 94.4 cm³/mol. The van der Waals surface area contributed by atoms with Crippen molar-refractivity contribution < 1.29 is 14.3 Å². The molecule has 1 fully saturated rings. The summed E-state index contributed by atoms with van der Waals surface area (Å²) in [5, 5.41) is 11.2. The molecule has 3 rings (SSSR count). The second kappa shape index (κ2) is 8.13. The number of nitrogens with zero attached hydrogens (tertiary/aromatic N) is 5. The minimum Gasteiger partial charge on any atom is -0.365 e. The van der Waals surface area contributed by atoms with E-state index in [1.165, 1.54) is 0 Å². The first kappa shape index (κ1) is 18.1.